The molecule has 0 aliphatic carbocycles. The Morgan fingerprint density at radius 3 is 2.79 bits per heavy atom. The Morgan fingerprint density at radius 2 is 2.04 bits per heavy atom. The predicted molar refractivity (Wildman–Crippen MR) is 112 cm³/mol. The minimum atomic E-state index is -3.81. The van der Waals surface area contributed by atoms with Crippen LogP contribution in [0.4, 0.5) is 9.52 Å². The molecule has 0 fully saturated rings. The summed E-state index contributed by atoms with van der Waals surface area (Å²) in [5.74, 6) is 0.249. The van der Waals surface area contributed by atoms with Crippen LogP contribution in [-0.4, -0.2) is 23.0 Å². The molecular formula is C18H17ClFN3O2S3. The second kappa shape index (κ2) is 8.77. The topological polar surface area (TPSA) is 72.0 Å². The number of hydrogen-bond donors (Lipinski definition) is 1. The molecule has 10 heteroatoms. The average molecular weight is 458 g/mol. The number of sulfonamides is 1. The normalized spacial score (nSPS) is 12.7. The lowest BCUT2D eigenvalue weighted by molar-refractivity contribution is 0.600. The van der Waals surface area contributed by atoms with E-state index in [1.54, 1.807) is 25.1 Å². The molecule has 0 unspecified atom stereocenters. The highest BCUT2D eigenvalue weighted by Crippen LogP contribution is 2.28. The monoisotopic (exact) mass is 457 g/mol. The third-order valence-corrected chi connectivity index (χ3v) is 7.59. The lowest BCUT2D eigenvalue weighted by Crippen LogP contribution is -2.14. The molecule has 0 saturated heterocycles. The molecule has 0 saturated carbocycles. The fraction of sp³-hybridized carbons (Fsp3) is 0.222. The van der Waals surface area contributed by atoms with Crippen LogP contribution >= 0.6 is 34.9 Å². The summed E-state index contributed by atoms with van der Waals surface area (Å²) >= 11 is 8.50. The lowest BCUT2D eigenvalue weighted by atomic mass is 10.2. The number of benzene rings is 2. The fourth-order valence-corrected chi connectivity index (χ4v) is 5.85. The van der Waals surface area contributed by atoms with Crippen LogP contribution < -0.4 is 4.72 Å². The Morgan fingerprint density at radius 1 is 1.29 bits per heavy atom. The van der Waals surface area contributed by atoms with Gasteiger partial charge in [-0.2, -0.15) is 4.37 Å². The molecule has 1 aromatic heterocycles. The van der Waals surface area contributed by atoms with E-state index >= 15 is 0 Å². The van der Waals surface area contributed by atoms with Gasteiger partial charge in [0.25, 0.3) is 10.0 Å². The number of anilines is 1. The maximum atomic E-state index is 13.3. The van der Waals surface area contributed by atoms with Crippen LogP contribution in [0.25, 0.3) is 0 Å². The van der Waals surface area contributed by atoms with Gasteiger partial charge in [-0.15, -0.1) is 11.8 Å². The quantitative estimate of drug-likeness (QED) is 0.496. The van der Waals surface area contributed by atoms with Crippen LogP contribution in [0, 0.1) is 12.7 Å². The third kappa shape index (κ3) is 5.22. The zero-order valence-electron chi connectivity index (χ0n) is 15.0. The van der Waals surface area contributed by atoms with Crippen molar-refractivity contribution in [2.24, 2.45) is 0 Å². The Bertz CT molecular complexity index is 1090. The van der Waals surface area contributed by atoms with Crippen molar-refractivity contribution in [3.8, 4) is 0 Å². The van der Waals surface area contributed by atoms with Gasteiger partial charge in [-0.1, -0.05) is 30.7 Å². The molecule has 3 aromatic rings. The first-order valence-corrected chi connectivity index (χ1v) is 11.8. The van der Waals surface area contributed by atoms with E-state index in [4.69, 9.17) is 11.6 Å². The van der Waals surface area contributed by atoms with Gasteiger partial charge in [-0.25, -0.2) is 17.8 Å². The Balaban J connectivity index is 1.67. The van der Waals surface area contributed by atoms with Crippen LogP contribution in [0.5, 0.6) is 0 Å². The summed E-state index contributed by atoms with van der Waals surface area (Å²) < 4.78 is 45.2. The lowest BCUT2D eigenvalue weighted by Gasteiger charge is -2.09. The van der Waals surface area contributed by atoms with Crippen molar-refractivity contribution in [1.29, 1.82) is 0 Å². The van der Waals surface area contributed by atoms with Crippen molar-refractivity contribution in [3.63, 3.8) is 0 Å². The molecule has 1 atom stereocenters. The van der Waals surface area contributed by atoms with Crippen molar-refractivity contribution in [2.75, 3.05) is 4.72 Å². The summed E-state index contributed by atoms with van der Waals surface area (Å²) in [6.07, 6.45) is 0.523. The largest absolute Gasteiger partial charge is 0.264 e. The van der Waals surface area contributed by atoms with Gasteiger partial charge in [0.05, 0.1) is 4.90 Å². The number of hydrogen-bond acceptors (Lipinski definition) is 6. The van der Waals surface area contributed by atoms with E-state index in [1.165, 1.54) is 30.0 Å². The number of aromatic nitrogens is 2. The summed E-state index contributed by atoms with van der Waals surface area (Å²) in [4.78, 5) is 5.19. The minimum Gasteiger partial charge on any atom is -0.253 e. The van der Waals surface area contributed by atoms with Crippen LogP contribution in [0.15, 0.2) is 52.3 Å². The van der Waals surface area contributed by atoms with Crippen molar-refractivity contribution in [1.82, 2.24) is 9.36 Å². The van der Waals surface area contributed by atoms with Gasteiger partial charge in [-0.3, -0.25) is 4.72 Å². The Labute approximate surface area is 176 Å². The molecule has 0 bridgehead atoms. The van der Waals surface area contributed by atoms with Gasteiger partial charge in [-0.05, 0) is 42.8 Å². The fourth-order valence-electron chi connectivity index (χ4n) is 2.50. The highest BCUT2D eigenvalue weighted by molar-refractivity contribution is 8.00. The molecule has 0 aliphatic heterocycles. The van der Waals surface area contributed by atoms with E-state index in [9.17, 15) is 12.8 Å². The number of halogens is 2. The maximum Gasteiger partial charge on any atom is 0.264 e. The highest BCUT2D eigenvalue weighted by Gasteiger charge is 2.20. The van der Waals surface area contributed by atoms with E-state index < -0.39 is 10.0 Å². The van der Waals surface area contributed by atoms with Crippen LogP contribution in [0.1, 0.15) is 18.3 Å². The second-order valence-corrected chi connectivity index (χ2v) is 10.4. The number of rotatable bonds is 7. The summed E-state index contributed by atoms with van der Waals surface area (Å²) in [7, 11) is -3.81. The molecule has 2 aromatic carbocycles. The molecule has 5 nitrogen and oxygen atoms in total. The van der Waals surface area contributed by atoms with Gasteiger partial charge in [0.2, 0.25) is 5.13 Å². The van der Waals surface area contributed by atoms with Crippen molar-refractivity contribution in [2.45, 2.75) is 35.3 Å². The van der Waals surface area contributed by atoms with E-state index in [1.807, 2.05) is 13.0 Å². The Kier molecular flexibility index (Phi) is 6.59. The van der Waals surface area contributed by atoms with E-state index in [0.29, 0.717) is 22.8 Å². The molecule has 0 radical (unpaired) electrons. The maximum absolute atomic E-state index is 13.3. The molecule has 0 amide bonds. The summed E-state index contributed by atoms with van der Waals surface area (Å²) in [6, 6.07) is 11.1. The van der Waals surface area contributed by atoms with E-state index in [-0.39, 0.29) is 21.1 Å². The average Bonchev–Trinajstić information content (AvgIpc) is 3.03. The number of nitrogens with one attached hydrogen (secondary N) is 1. The zero-order valence-corrected chi connectivity index (χ0v) is 18.2. The SMILES string of the molecule is Cc1c(Cl)cccc1S(=O)(=O)Nc1nc(C[C@@H](C)Sc2cccc(F)c2)ns1. The summed E-state index contributed by atoms with van der Waals surface area (Å²) in [5, 5.41) is 0.664. The van der Waals surface area contributed by atoms with Crippen molar-refractivity contribution in [3.05, 3.63) is 64.7 Å². The van der Waals surface area contributed by atoms with E-state index in [2.05, 4.69) is 14.1 Å². The molecule has 0 aliphatic rings. The Hall–Kier alpha value is -1.68. The molecule has 1 N–H and O–H groups in total. The minimum absolute atomic E-state index is 0.0935. The standard InChI is InChI=1S/C18H17ClFN3O2S3/c1-11(26-14-6-3-5-13(20)10-14)9-17-21-18(27-22-17)23-28(24,25)16-8-4-7-15(19)12(16)2/h3-8,10-11H,9H2,1-2H3,(H,21,22,23)/t11-/m1/s1. The third-order valence-electron chi connectivity index (χ3n) is 3.80. The highest BCUT2D eigenvalue weighted by atomic mass is 35.5. The van der Waals surface area contributed by atoms with Gasteiger partial charge in [0.15, 0.2) is 0 Å². The van der Waals surface area contributed by atoms with Gasteiger partial charge in [0.1, 0.15) is 11.6 Å². The summed E-state index contributed by atoms with van der Waals surface area (Å²) in [5.41, 5.74) is 0.474. The van der Waals surface area contributed by atoms with Crippen LogP contribution in [0.2, 0.25) is 5.02 Å². The van der Waals surface area contributed by atoms with E-state index in [0.717, 1.165) is 16.4 Å². The van der Waals surface area contributed by atoms with Crippen LogP contribution in [0.3, 0.4) is 0 Å². The first kappa shape index (κ1) is 21.0. The first-order chi connectivity index (χ1) is 13.2. The van der Waals surface area contributed by atoms with Gasteiger partial charge < -0.3 is 0 Å². The predicted octanol–water partition coefficient (Wildman–Crippen LogP) is 5.16. The van der Waals surface area contributed by atoms with Gasteiger partial charge >= 0.3 is 0 Å². The molecule has 1 heterocycles. The molecule has 0 spiro atoms. The first-order valence-electron chi connectivity index (χ1n) is 8.27. The smallest absolute Gasteiger partial charge is 0.253 e. The van der Waals surface area contributed by atoms with Crippen molar-refractivity contribution >= 4 is 50.1 Å². The summed E-state index contributed by atoms with van der Waals surface area (Å²) in [6.45, 7) is 3.63. The number of thioether (sulfide) groups is 1. The molecule has 148 valence electrons. The molecular weight excluding hydrogens is 441 g/mol. The van der Waals surface area contributed by atoms with Gasteiger partial charge in [0, 0.05) is 33.1 Å². The zero-order chi connectivity index (χ0) is 20.3. The molecule has 28 heavy (non-hydrogen) atoms. The number of nitrogens with zero attached hydrogens (tertiary/aromatic N) is 2. The second-order valence-electron chi connectivity index (χ2n) is 6.07. The van der Waals surface area contributed by atoms with Crippen molar-refractivity contribution < 1.29 is 12.8 Å². The molecule has 3 rings (SSSR count). The van der Waals surface area contributed by atoms with Crippen LogP contribution in [-0.2, 0) is 16.4 Å².